The number of quaternary nitrogens is 1. The summed E-state index contributed by atoms with van der Waals surface area (Å²) in [5.41, 5.74) is 0.992. The Kier molecular flexibility index (Phi) is 4.08. The van der Waals surface area contributed by atoms with E-state index in [-0.39, 0.29) is 42.0 Å². The van der Waals surface area contributed by atoms with Gasteiger partial charge in [-0.25, -0.2) is 4.39 Å². The van der Waals surface area contributed by atoms with E-state index in [0.29, 0.717) is 11.3 Å². The average Bonchev–Trinajstić information content (AvgIpc) is 3.31. The van der Waals surface area contributed by atoms with Crippen molar-refractivity contribution in [2.75, 3.05) is 5.32 Å². The zero-order valence-corrected chi connectivity index (χ0v) is 16.8. The van der Waals surface area contributed by atoms with Crippen molar-refractivity contribution >= 4 is 23.4 Å². The SMILES string of the molecule is CC(C)[C@@H]1[NH2+][C@]2(C(=O)Nc3ccccc32)[C@H]2C(=O)N(Cc3ccc(F)cc3)C(=O)[C@H]12. The van der Waals surface area contributed by atoms with Crippen molar-refractivity contribution in [2.45, 2.75) is 32.0 Å². The number of amides is 3. The number of para-hydroxylation sites is 1. The van der Waals surface area contributed by atoms with Gasteiger partial charge in [0.1, 0.15) is 23.7 Å². The Morgan fingerprint density at radius 1 is 1.07 bits per heavy atom. The van der Waals surface area contributed by atoms with Gasteiger partial charge in [0.15, 0.2) is 0 Å². The molecular formula is C23H23FN3O3+. The van der Waals surface area contributed by atoms with Gasteiger partial charge in [-0.2, -0.15) is 0 Å². The first-order chi connectivity index (χ1) is 14.3. The Morgan fingerprint density at radius 2 is 1.77 bits per heavy atom. The number of halogens is 1. The van der Waals surface area contributed by atoms with Crippen molar-refractivity contribution in [1.29, 1.82) is 0 Å². The van der Waals surface area contributed by atoms with Crippen molar-refractivity contribution in [3.63, 3.8) is 0 Å². The zero-order valence-electron chi connectivity index (χ0n) is 16.8. The number of nitrogens with zero attached hydrogens (tertiary/aromatic N) is 1. The number of likely N-dealkylation sites (tertiary alicyclic amines) is 1. The molecule has 3 aliphatic heterocycles. The van der Waals surface area contributed by atoms with Crippen LogP contribution in [0.4, 0.5) is 10.1 Å². The lowest BCUT2D eigenvalue weighted by molar-refractivity contribution is -0.738. The number of nitrogens with two attached hydrogens (primary N) is 1. The van der Waals surface area contributed by atoms with Crippen LogP contribution in [0.2, 0.25) is 0 Å². The van der Waals surface area contributed by atoms with E-state index in [2.05, 4.69) is 5.32 Å². The lowest BCUT2D eigenvalue weighted by Gasteiger charge is -2.27. The molecule has 154 valence electrons. The molecule has 2 fully saturated rings. The molecule has 7 heteroatoms. The molecule has 0 bridgehead atoms. The predicted octanol–water partition coefficient (Wildman–Crippen LogP) is 1.38. The first kappa shape index (κ1) is 18.9. The van der Waals surface area contributed by atoms with Gasteiger partial charge in [0.2, 0.25) is 17.4 Å². The first-order valence-corrected chi connectivity index (χ1v) is 10.2. The maximum absolute atomic E-state index is 13.6. The molecule has 0 unspecified atom stereocenters. The molecule has 3 heterocycles. The molecule has 3 aliphatic rings. The van der Waals surface area contributed by atoms with E-state index in [9.17, 15) is 18.8 Å². The first-order valence-electron chi connectivity index (χ1n) is 10.2. The molecule has 0 aromatic heterocycles. The Balaban J connectivity index is 1.59. The molecule has 2 saturated heterocycles. The maximum Gasteiger partial charge on any atom is 0.291 e. The highest BCUT2D eigenvalue weighted by molar-refractivity contribution is 6.13. The largest absolute Gasteiger partial charge is 0.326 e. The maximum atomic E-state index is 13.6. The quantitative estimate of drug-likeness (QED) is 0.753. The minimum absolute atomic E-state index is 0.0785. The number of carbonyl (C=O) groups excluding carboxylic acids is 3. The number of rotatable bonds is 3. The third kappa shape index (κ3) is 2.41. The van der Waals surface area contributed by atoms with Gasteiger partial charge < -0.3 is 10.6 Å². The Bertz CT molecular complexity index is 1070. The van der Waals surface area contributed by atoms with Crippen LogP contribution < -0.4 is 10.6 Å². The summed E-state index contributed by atoms with van der Waals surface area (Å²) in [7, 11) is 0. The Labute approximate surface area is 173 Å². The number of imide groups is 1. The fraction of sp³-hybridized carbons (Fsp3) is 0.348. The highest BCUT2D eigenvalue weighted by Crippen LogP contribution is 2.50. The summed E-state index contributed by atoms with van der Waals surface area (Å²) in [6, 6.07) is 13.0. The average molecular weight is 408 g/mol. The number of nitrogens with one attached hydrogen (secondary N) is 1. The second kappa shape index (κ2) is 6.47. The highest BCUT2D eigenvalue weighted by atomic mass is 19.1. The fourth-order valence-corrected chi connectivity index (χ4v) is 5.44. The molecule has 6 nitrogen and oxygen atoms in total. The smallest absolute Gasteiger partial charge is 0.291 e. The summed E-state index contributed by atoms with van der Waals surface area (Å²) in [6.07, 6.45) is 0. The Morgan fingerprint density at radius 3 is 2.47 bits per heavy atom. The van der Waals surface area contributed by atoms with Gasteiger partial charge in [-0.1, -0.05) is 44.2 Å². The predicted molar refractivity (Wildman–Crippen MR) is 106 cm³/mol. The summed E-state index contributed by atoms with van der Waals surface area (Å²) in [5, 5.41) is 4.86. The molecule has 3 amide bonds. The van der Waals surface area contributed by atoms with E-state index >= 15 is 0 Å². The fourth-order valence-electron chi connectivity index (χ4n) is 5.44. The number of fused-ring (bicyclic) bond motifs is 4. The summed E-state index contributed by atoms with van der Waals surface area (Å²) < 4.78 is 13.3. The standard InChI is InChI=1S/C23H22FN3O3/c1-12(2)19-17-18(23(26-19)15-5-3-4-6-16(15)25-22(23)30)21(29)27(20(17)28)11-13-7-9-14(24)10-8-13/h3-10,12,17-19,26H,11H2,1-2H3,(H,25,30)/p+1/t17-,18+,19-,23-/m0/s1. The van der Waals surface area contributed by atoms with Crippen molar-refractivity contribution < 1.29 is 24.1 Å². The van der Waals surface area contributed by atoms with Gasteiger partial charge in [-0.3, -0.25) is 19.3 Å². The molecule has 5 rings (SSSR count). The van der Waals surface area contributed by atoms with Crippen molar-refractivity contribution in [3.8, 4) is 0 Å². The van der Waals surface area contributed by atoms with Crippen LogP contribution in [0.3, 0.4) is 0 Å². The summed E-state index contributed by atoms with van der Waals surface area (Å²) in [4.78, 5) is 41.5. The third-order valence-corrected chi connectivity index (χ3v) is 6.82. The molecule has 0 radical (unpaired) electrons. The minimum Gasteiger partial charge on any atom is -0.326 e. The number of benzene rings is 2. The molecular weight excluding hydrogens is 385 g/mol. The molecule has 2 aromatic rings. The molecule has 2 aromatic carbocycles. The van der Waals surface area contributed by atoms with Crippen molar-refractivity contribution in [2.24, 2.45) is 17.8 Å². The minimum atomic E-state index is -1.14. The van der Waals surface area contributed by atoms with Gasteiger partial charge in [-0.15, -0.1) is 0 Å². The van der Waals surface area contributed by atoms with Crippen LogP contribution in [0.5, 0.6) is 0 Å². The van der Waals surface area contributed by atoms with E-state index in [4.69, 9.17) is 0 Å². The lowest BCUT2D eigenvalue weighted by Crippen LogP contribution is -2.99. The van der Waals surface area contributed by atoms with Crippen LogP contribution in [-0.2, 0) is 26.5 Å². The van der Waals surface area contributed by atoms with Gasteiger partial charge in [0.05, 0.1) is 12.2 Å². The molecule has 0 aliphatic carbocycles. The van der Waals surface area contributed by atoms with Crippen LogP contribution in [0, 0.1) is 23.6 Å². The van der Waals surface area contributed by atoms with Gasteiger partial charge in [0.25, 0.3) is 5.91 Å². The van der Waals surface area contributed by atoms with Crippen molar-refractivity contribution in [1.82, 2.24) is 4.90 Å². The molecule has 1 spiro atoms. The monoisotopic (exact) mass is 408 g/mol. The third-order valence-electron chi connectivity index (χ3n) is 6.82. The van der Waals surface area contributed by atoms with E-state index in [1.54, 1.807) is 12.1 Å². The molecule has 0 saturated carbocycles. The normalized spacial score (nSPS) is 29.7. The number of carbonyl (C=O) groups is 3. The van der Waals surface area contributed by atoms with Crippen LogP contribution in [-0.4, -0.2) is 28.7 Å². The summed E-state index contributed by atoms with van der Waals surface area (Å²) in [6.45, 7) is 4.10. The highest BCUT2D eigenvalue weighted by Gasteiger charge is 2.74. The summed E-state index contributed by atoms with van der Waals surface area (Å²) >= 11 is 0. The van der Waals surface area contributed by atoms with Crippen LogP contribution >= 0.6 is 0 Å². The van der Waals surface area contributed by atoms with Crippen LogP contribution in [0.25, 0.3) is 0 Å². The van der Waals surface area contributed by atoms with Gasteiger partial charge in [-0.05, 0) is 23.8 Å². The van der Waals surface area contributed by atoms with Crippen molar-refractivity contribution in [3.05, 3.63) is 65.5 Å². The second-order valence-corrected chi connectivity index (χ2v) is 8.75. The van der Waals surface area contributed by atoms with Crippen LogP contribution in [0.15, 0.2) is 48.5 Å². The van der Waals surface area contributed by atoms with Gasteiger partial charge >= 0.3 is 0 Å². The van der Waals surface area contributed by atoms with E-state index in [0.717, 1.165) is 5.56 Å². The number of hydrogen-bond donors (Lipinski definition) is 2. The second-order valence-electron chi connectivity index (χ2n) is 8.75. The number of anilines is 1. The van der Waals surface area contributed by atoms with E-state index in [1.807, 2.05) is 43.4 Å². The molecule has 30 heavy (non-hydrogen) atoms. The van der Waals surface area contributed by atoms with E-state index < -0.39 is 17.4 Å². The molecule has 3 N–H and O–H groups in total. The number of hydrogen-bond acceptors (Lipinski definition) is 3. The van der Waals surface area contributed by atoms with E-state index in [1.165, 1.54) is 17.0 Å². The zero-order chi connectivity index (χ0) is 21.2. The molecule has 4 atom stereocenters. The van der Waals surface area contributed by atoms with Gasteiger partial charge in [0, 0.05) is 11.5 Å². The van der Waals surface area contributed by atoms with Crippen LogP contribution in [0.1, 0.15) is 25.0 Å². The summed E-state index contributed by atoms with van der Waals surface area (Å²) in [5.74, 6) is -2.44. The lowest BCUT2D eigenvalue weighted by atomic mass is 9.76. The Hall–Kier alpha value is -3.06. The topological polar surface area (TPSA) is 83.1 Å².